The Labute approximate surface area is 556 Å². The maximum Gasteiger partial charge on any atom is 0.472 e. The fourth-order valence-electron chi connectivity index (χ4n) is 10.9. The van der Waals surface area contributed by atoms with Crippen molar-refractivity contribution >= 4 is 39.5 Å². The van der Waals surface area contributed by atoms with Crippen LogP contribution in [-0.4, -0.2) is 96.7 Å². The standard InChI is InChI=1S/C72H140O17P2/c1-7-10-12-14-15-16-17-18-19-20-21-25-28-31-37-43-49-55-70(75)83-61-68(89-71(76)56-50-44-38-32-29-26-23-22-24-27-30-36-42-47-53-65(6)9-3)63-87-91(80,81)85-59-66(73)58-84-90(78,79)86-62-67(60-82-69(74)54-48-40-13-11-8-2)88-72(77)57-51-45-39-34-33-35-41-46-52-64(4)5/h64-68,73H,7-63H2,1-6H3,(H,78,79)(H,80,81)/t65?,66-,67+,68+/m0/s1. The molecule has 0 aromatic rings. The van der Waals surface area contributed by atoms with Gasteiger partial charge in [-0.15, -0.1) is 0 Å². The topological polar surface area (TPSA) is 237 Å². The molecule has 6 atom stereocenters. The minimum atomic E-state index is -4.95. The van der Waals surface area contributed by atoms with Gasteiger partial charge in [0.1, 0.15) is 19.3 Å². The number of carbonyl (C=O) groups is 4. The number of unbranched alkanes of at least 4 members (excludes halogenated alkanes) is 40. The van der Waals surface area contributed by atoms with E-state index in [-0.39, 0.29) is 25.7 Å². The summed E-state index contributed by atoms with van der Waals surface area (Å²) in [6.07, 6.45) is 50.4. The van der Waals surface area contributed by atoms with E-state index in [1.165, 1.54) is 180 Å². The molecule has 0 aliphatic rings. The van der Waals surface area contributed by atoms with Crippen LogP contribution in [0, 0.1) is 11.8 Å². The molecule has 19 heteroatoms. The molecule has 3 unspecified atom stereocenters. The molecule has 0 fully saturated rings. The number of phosphoric ester groups is 2. The van der Waals surface area contributed by atoms with E-state index in [2.05, 4.69) is 41.5 Å². The number of carbonyl (C=O) groups excluding carboxylic acids is 4. The summed E-state index contributed by atoms with van der Waals surface area (Å²) in [5.74, 6) is -0.569. The summed E-state index contributed by atoms with van der Waals surface area (Å²) in [6.45, 7) is 9.49. The predicted octanol–water partition coefficient (Wildman–Crippen LogP) is 20.8. The average molecular weight is 1340 g/mol. The molecular formula is C72H140O17P2. The van der Waals surface area contributed by atoms with Crippen LogP contribution in [0.2, 0.25) is 0 Å². The zero-order chi connectivity index (χ0) is 67.2. The summed E-state index contributed by atoms with van der Waals surface area (Å²) in [4.78, 5) is 72.3. The van der Waals surface area contributed by atoms with Crippen LogP contribution in [0.25, 0.3) is 0 Å². The molecule has 0 aromatic heterocycles. The van der Waals surface area contributed by atoms with Gasteiger partial charge in [0.15, 0.2) is 12.2 Å². The quantitative estimate of drug-likeness (QED) is 0.0222. The van der Waals surface area contributed by atoms with Crippen LogP contribution >= 0.6 is 15.6 Å². The lowest BCUT2D eigenvalue weighted by Crippen LogP contribution is -2.30. The van der Waals surface area contributed by atoms with Crippen LogP contribution in [-0.2, 0) is 65.4 Å². The third kappa shape index (κ3) is 65.1. The largest absolute Gasteiger partial charge is 0.472 e. The van der Waals surface area contributed by atoms with E-state index in [0.717, 1.165) is 108 Å². The molecular weight excluding hydrogens is 1200 g/mol. The lowest BCUT2D eigenvalue weighted by Gasteiger charge is -2.21. The fraction of sp³-hybridized carbons (Fsp3) is 0.944. The first kappa shape index (κ1) is 89.1. The number of ether oxygens (including phenoxy) is 4. The minimum absolute atomic E-state index is 0.104. The van der Waals surface area contributed by atoms with Crippen LogP contribution < -0.4 is 0 Å². The first-order valence-electron chi connectivity index (χ1n) is 37.5. The second-order valence-corrected chi connectivity index (χ2v) is 29.6. The number of aliphatic hydroxyl groups is 1. The van der Waals surface area contributed by atoms with Crippen LogP contribution in [0.4, 0.5) is 0 Å². The normalized spacial score (nSPS) is 14.4. The lowest BCUT2D eigenvalue weighted by molar-refractivity contribution is -0.161. The Bertz CT molecular complexity index is 1770. The van der Waals surface area contributed by atoms with Gasteiger partial charge in [-0.05, 0) is 37.5 Å². The van der Waals surface area contributed by atoms with Crippen molar-refractivity contribution in [3.05, 3.63) is 0 Å². The van der Waals surface area contributed by atoms with E-state index < -0.39 is 97.5 Å². The molecule has 0 aliphatic carbocycles. The monoisotopic (exact) mass is 1340 g/mol. The van der Waals surface area contributed by atoms with Crippen molar-refractivity contribution in [2.45, 2.75) is 387 Å². The molecule has 17 nitrogen and oxygen atoms in total. The zero-order valence-corrected chi connectivity index (χ0v) is 60.9. The summed E-state index contributed by atoms with van der Waals surface area (Å²) in [5.41, 5.74) is 0. The third-order valence-corrected chi connectivity index (χ3v) is 19.0. The molecule has 91 heavy (non-hydrogen) atoms. The van der Waals surface area contributed by atoms with Gasteiger partial charge in [-0.25, -0.2) is 9.13 Å². The highest BCUT2D eigenvalue weighted by Gasteiger charge is 2.30. The van der Waals surface area contributed by atoms with E-state index in [4.69, 9.17) is 37.0 Å². The molecule has 0 amide bonds. The second kappa shape index (κ2) is 64.1. The van der Waals surface area contributed by atoms with Gasteiger partial charge in [0, 0.05) is 25.7 Å². The highest BCUT2D eigenvalue weighted by Crippen LogP contribution is 2.45. The van der Waals surface area contributed by atoms with E-state index in [1.807, 2.05) is 0 Å². The first-order valence-corrected chi connectivity index (χ1v) is 40.5. The van der Waals surface area contributed by atoms with E-state index in [0.29, 0.717) is 25.7 Å². The number of phosphoric acid groups is 2. The summed E-state index contributed by atoms with van der Waals surface area (Å²) < 4.78 is 68.1. The number of aliphatic hydroxyl groups excluding tert-OH is 1. The zero-order valence-electron chi connectivity index (χ0n) is 59.1. The Kier molecular flexibility index (Phi) is 62.7. The Morgan fingerprint density at radius 2 is 0.560 bits per heavy atom. The summed E-state index contributed by atoms with van der Waals surface area (Å²) in [6, 6.07) is 0. The molecule has 0 radical (unpaired) electrons. The maximum atomic E-state index is 13.0. The van der Waals surface area contributed by atoms with Crippen LogP contribution in [0.3, 0.4) is 0 Å². The molecule has 0 bridgehead atoms. The summed E-state index contributed by atoms with van der Waals surface area (Å²) >= 11 is 0. The highest BCUT2D eigenvalue weighted by molar-refractivity contribution is 7.47. The molecule has 0 aromatic carbocycles. The molecule has 0 heterocycles. The Hall–Kier alpha value is -1.94. The molecule has 0 spiro atoms. The molecule has 3 N–H and O–H groups in total. The Morgan fingerprint density at radius 1 is 0.319 bits per heavy atom. The SMILES string of the molecule is CCCCCCCCCCCCCCCCCCCC(=O)OC[C@H](COP(=O)(O)OC[C@@H](O)COP(=O)(O)OC[C@@H](COC(=O)CCCCCCC)OC(=O)CCCCCCCCCCC(C)C)OC(=O)CCCCCCCCCCCCCCCCC(C)CC. The number of hydrogen-bond donors (Lipinski definition) is 3. The minimum Gasteiger partial charge on any atom is -0.462 e. The van der Waals surface area contributed by atoms with Gasteiger partial charge in [0.05, 0.1) is 26.4 Å². The van der Waals surface area contributed by atoms with E-state index in [1.54, 1.807) is 0 Å². The number of rotatable bonds is 71. The highest BCUT2D eigenvalue weighted by atomic mass is 31.2. The lowest BCUT2D eigenvalue weighted by atomic mass is 9.99. The van der Waals surface area contributed by atoms with E-state index in [9.17, 15) is 43.2 Å². The molecule has 0 saturated heterocycles. The van der Waals surface area contributed by atoms with Gasteiger partial charge < -0.3 is 33.8 Å². The second-order valence-electron chi connectivity index (χ2n) is 26.7. The maximum absolute atomic E-state index is 13.0. The summed E-state index contributed by atoms with van der Waals surface area (Å²) in [5, 5.41) is 10.6. The van der Waals surface area contributed by atoms with Gasteiger partial charge in [0.2, 0.25) is 0 Å². The first-order chi connectivity index (χ1) is 43.9. The predicted molar refractivity (Wildman–Crippen MR) is 368 cm³/mol. The van der Waals surface area contributed by atoms with Crippen molar-refractivity contribution in [2.75, 3.05) is 39.6 Å². The molecule has 540 valence electrons. The van der Waals surface area contributed by atoms with Crippen molar-refractivity contribution < 1.29 is 80.2 Å². The average Bonchev–Trinajstić information content (AvgIpc) is 3.72. The van der Waals surface area contributed by atoms with Gasteiger partial charge >= 0.3 is 39.5 Å². The van der Waals surface area contributed by atoms with Crippen molar-refractivity contribution in [3.8, 4) is 0 Å². The molecule has 0 rings (SSSR count). The Balaban J connectivity index is 5.15. The van der Waals surface area contributed by atoms with Crippen molar-refractivity contribution in [2.24, 2.45) is 11.8 Å². The van der Waals surface area contributed by atoms with Gasteiger partial charge in [-0.3, -0.25) is 37.3 Å². The van der Waals surface area contributed by atoms with Gasteiger partial charge in [0.25, 0.3) is 0 Å². The van der Waals surface area contributed by atoms with Crippen molar-refractivity contribution in [1.82, 2.24) is 0 Å². The third-order valence-electron chi connectivity index (χ3n) is 17.1. The van der Waals surface area contributed by atoms with E-state index >= 15 is 0 Å². The van der Waals surface area contributed by atoms with Crippen molar-refractivity contribution in [1.29, 1.82) is 0 Å². The molecule has 0 aliphatic heterocycles. The van der Waals surface area contributed by atoms with Crippen LogP contribution in [0.1, 0.15) is 369 Å². The number of hydrogen-bond acceptors (Lipinski definition) is 15. The fourth-order valence-corrected chi connectivity index (χ4v) is 12.5. The molecule has 0 saturated carbocycles. The summed E-state index contributed by atoms with van der Waals surface area (Å²) in [7, 11) is -9.89. The van der Waals surface area contributed by atoms with Gasteiger partial charge in [-0.1, -0.05) is 318 Å². The number of esters is 4. The van der Waals surface area contributed by atoms with Gasteiger partial charge in [-0.2, -0.15) is 0 Å². The Morgan fingerprint density at radius 3 is 0.835 bits per heavy atom. The van der Waals surface area contributed by atoms with Crippen molar-refractivity contribution in [3.63, 3.8) is 0 Å². The smallest absolute Gasteiger partial charge is 0.462 e. The van der Waals surface area contributed by atoms with Crippen LogP contribution in [0.5, 0.6) is 0 Å². The van der Waals surface area contributed by atoms with Crippen LogP contribution in [0.15, 0.2) is 0 Å².